The fourth-order valence-electron chi connectivity index (χ4n) is 0.162. The van der Waals surface area contributed by atoms with Crippen LogP contribution in [0.1, 0.15) is 0 Å². The number of ether oxygens (including phenoxy) is 1. The maximum Gasteiger partial charge on any atom is 0.329 e. The molecule has 44 valence electrons. The minimum absolute atomic E-state index is 0.0743. The molecule has 0 unspecified atom stereocenters. The number of hydrogen-bond acceptors (Lipinski definition) is 3. The summed E-state index contributed by atoms with van der Waals surface area (Å²) in [5, 5.41) is 0. The van der Waals surface area contributed by atoms with E-state index in [1.54, 1.807) is 0 Å². The van der Waals surface area contributed by atoms with Gasteiger partial charge in [0.05, 0.1) is 0 Å². The standard InChI is InChI=1S/C4H6O3Si/c1-2-4(5)7-3-8-6/h2,6H,1,3H2. The number of carbonyl (C=O) groups excluding carboxylic acids is 1. The number of hydrogen-bond donors (Lipinski definition) is 1. The van der Waals surface area contributed by atoms with Gasteiger partial charge in [-0.3, -0.25) is 0 Å². The van der Waals surface area contributed by atoms with Crippen LogP contribution in [0.3, 0.4) is 0 Å². The molecule has 0 saturated heterocycles. The molecule has 8 heavy (non-hydrogen) atoms. The largest absolute Gasteiger partial charge is 0.464 e. The summed E-state index contributed by atoms with van der Waals surface area (Å²) in [4.78, 5) is 18.3. The van der Waals surface area contributed by atoms with E-state index in [1.165, 1.54) is 0 Å². The van der Waals surface area contributed by atoms with Crippen LogP contribution >= 0.6 is 0 Å². The Morgan fingerprint density at radius 3 is 3.00 bits per heavy atom. The van der Waals surface area contributed by atoms with Crippen molar-refractivity contribution in [2.24, 2.45) is 0 Å². The molecular weight excluding hydrogens is 124 g/mol. The summed E-state index contributed by atoms with van der Waals surface area (Å²) in [5.74, 6) is -0.494. The molecule has 0 amide bonds. The first-order chi connectivity index (χ1) is 3.81. The van der Waals surface area contributed by atoms with E-state index < -0.39 is 5.97 Å². The van der Waals surface area contributed by atoms with Crippen LogP contribution in [0, 0.1) is 0 Å². The highest BCUT2D eigenvalue weighted by molar-refractivity contribution is 6.25. The van der Waals surface area contributed by atoms with Crippen molar-refractivity contribution in [3.63, 3.8) is 0 Å². The summed E-state index contributed by atoms with van der Waals surface area (Å²) in [5.41, 5.74) is 0. The Hall–Kier alpha value is -0.613. The zero-order valence-corrected chi connectivity index (χ0v) is 5.26. The van der Waals surface area contributed by atoms with Crippen molar-refractivity contribution in [3.05, 3.63) is 12.7 Å². The van der Waals surface area contributed by atoms with Crippen LogP contribution in [0.5, 0.6) is 0 Å². The van der Waals surface area contributed by atoms with E-state index in [9.17, 15) is 4.79 Å². The second-order valence-electron chi connectivity index (χ2n) is 0.970. The summed E-state index contributed by atoms with van der Waals surface area (Å²) >= 11 is 0. The monoisotopic (exact) mass is 130 g/mol. The molecule has 1 N–H and O–H groups in total. The molecule has 0 aliphatic heterocycles. The van der Waals surface area contributed by atoms with Gasteiger partial charge in [0.15, 0.2) is 0 Å². The van der Waals surface area contributed by atoms with E-state index in [2.05, 4.69) is 11.3 Å². The van der Waals surface area contributed by atoms with Gasteiger partial charge >= 0.3 is 5.97 Å². The Balaban J connectivity index is 3.11. The van der Waals surface area contributed by atoms with Crippen molar-refractivity contribution in [3.8, 4) is 0 Å². The van der Waals surface area contributed by atoms with Crippen LogP contribution in [0.15, 0.2) is 12.7 Å². The highest BCUT2D eigenvalue weighted by atomic mass is 28.2. The third-order valence-electron chi connectivity index (χ3n) is 0.446. The van der Waals surface area contributed by atoms with Gasteiger partial charge in [0.25, 0.3) is 9.76 Å². The van der Waals surface area contributed by atoms with E-state index >= 15 is 0 Å². The number of esters is 1. The second kappa shape index (κ2) is 4.54. The lowest BCUT2D eigenvalue weighted by Crippen LogP contribution is -2.07. The molecule has 0 fully saturated rings. The van der Waals surface area contributed by atoms with E-state index in [4.69, 9.17) is 4.80 Å². The molecule has 0 saturated carbocycles. The SMILES string of the molecule is C=CC(=O)OC[Si]O. The van der Waals surface area contributed by atoms with Gasteiger partial charge in [-0.1, -0.05) is 6.58 Å². The van der Waals surface area contributed by atoms with Gasteiger partial charge in [0.2, 0.25) is 0 Å². The summed E-state index contributed by atoms with van der Waals surface area (Å²) in [6.07, 6.45) is 1.13. The highest BCUT2D eigenvalue weighted by Crippen LogP contribution is 1.74. The van der Waals surface area contributed by atoms with Crippen molar-refractivity contribution < 1.29 is 14.3 Å². The average molecular weight is 130 g/mol. The topological polar surface area (TPSA) is 46.5 Å². The third kappa shape index (κ3) is 3.57. The summed E-state index contributed by atoms with van der Waals surface area (Å²) in [6.45, 7) is 3.16. The van der Waals surface area contributed by atoms with Crippen LogP contribution in [-0.4, -0.2) is 26.8 Å². The molecule has 0 aromatic heterocycles. The quantitative estimate of drug-likeness (QED) is 0.312. The fourth-order valence-corrected chi connectivity index (χ4v) is 0.369. The fraction of sp³-hybridized carbons (Fsp3) is 0.250. The summed E-state index contributed by atoms with van der Waals surface area (Å²) in [7, 11) is -0.337. The normalized spacial score (nSPS) is 8.12. The highest BCUT2D eigenvalue weighted by Gasteiger charge is 1.91. The minimum atomic E-state index is -0.494. The van der Waals surface area contributed by atoms with Crippen molar-refractivity contribution in [2.75, 3.05) is 6.23 Å². The van der Waals surface area contributed by atoms with Crippen LogP contribution in [-0.2, 0) is 9.53 Å². The van der Waals surface area contributed by atoms with Gasteiger partial charge in [0.1, 0.15) is 6.23 Å². The average Bonchev–Trinajstić information content (AvgIpc) is 1.83. The Morgan fingerprint density at radius 2 is 2.62 bits per heavy atom. The van der Waals surface area contributed by atoms with Gasteiger partial charge in [-0.15, -0.1) is 0 Å². The van der Waals surface area contributed by atoms with E-state index in [-0.39, 0.29) is 16.0 Å². The summed E-state index contributed by atoms with van der Waals surface area (Å²) in [6, 6.07) is 0. The molecule has 4 heteroatoms. The lowest BCUT2D eigenvalue weighted by atomic mass is 10.7. The molecule has 0 bridgehead atoms. The predicted molar refractivity (Wildman–Crippen MR) is 29.1 cm³/mol. The Labute approximate surface area is 49.9 Å². The van der Waals surface area contributed by atoms with Gasteiger partial charge in [0, 0.05) is 6.08 Å². The smallest absolute Gasteiger partial charge is 0.329 e. The molecule has 0 aliphatic carbocycles. The first-order valence-corrected chi connectivity index (χ1v) is 3.13. The number of carbonyl (C=O) groups is 1. The predicted octanol–water partition coefficient (Wildman–Crippen LogP) is -0.715. The Morgan fingerprint density at radius 1 is 2.00 bits per heavy atom. The maximum atomic E-state index is 10.1. The van der Waals surface area contributed by atoms with Gasteiger partial charge in [-0.05, 0) is 0 Å². The van der Waals surface area contributed by atoms with Gasteiger partial charge in [-0.2, -0.15) is 0 Å². The molecule has 0 atom stereocenters. The molecule has 0 aromatic carbocycles. The van der Waals surface area contributed by atoms with Crippen molar-refractivity contribution in [1.29, 1.82) is 0 Å². The van der Waals surface area contributed by atoms with E-state index in [0.29, 0.717) is 0 Å². The Bertz CT molecular complexity index is 91.3. The van der Waals surface area contributed by atoms with Gasteiger partial charge in [-0.25, -0.2) is 4.79 Å². The zero-order chi connectivity index (χ0) is 6.41. The maximum absolute atomic E-state index is 10.1. The van der Waals surface area contributed by atoms with Crippen LogP contribution < -0.4 is 0 Å². The van der Waals surface area contributed by atoms with Crippen LogP contribution in [0.25, 0.3) is 0 Å². The summed E-state index contributed by atoms with van der Waals surface area (Å²) < 4.78 is 4.35. The molecule has 3 nitrogen and oxygen atoms in total. The lowest BCUT2D eigenvalue weighted by molar-refractivity contribution is -0.136. The number of rotatable bonds is 3. The van der Waals surface area contributed by atoms with Crippen LogP contribution in [0.4, 0.5) is 0 Å². The molecule has 0 heterocycles. The van der Waals surface area contributed by atoms with Crippen molar-refractivity contribution >= 4 is 15.7 Å². The molecule has 0 aromatic rings. The van der Waals surface area contributed by atoms with Crippen molar-refractivity contribution in [2.45, 2.75) is 0 Å². The van der Waals surface area contributed by atoms with Crippen LogP contribution in [0.2, 0.25) is 0 Å². The first-order valence-electron chi connectivity index (χ1n) is 1.97. The van der Waals surface area contributed by atoms with E-state index in [0.717, 1.165) is 6.08 Å². The second-order valence-corrected chi connectivity index (χ2v) is 1.57. The minimum Gasteiger partial charge on any atom is -0.464 e. The first kappa shape index (κ1) is 7.39. The molecule has 0 aliphatic rings. The molecule has 0 spiro atoms. The van der Waals surface area contributed by atoms with Gasteiger partial charge < -0.3 is 9.53 Å². The zero-order valence-electron chi connectivity index (χ0n) is 4.26. The Kier molecular flexibility index (Phi) is 4.20. The third-order valence-corrected chi connectivity index (χ3v) is 0.719. The molecular formula is C4H6O3Si. The lowest BCUT2D eigenvalue weighted by Gasteiger charge is -1.92. The molecule has 0 rings (SSSR count). The van der Waals surface area contributed by atoms with E-state index in [1.807, 2.05) is 0 Å². The van der Waals surface area contributed by atoms with Crippen molar-refractivity contribution in [1.82, 2.24) is 0 Å². The molecule has 2 radical (unpaired) electrons.